The van der Waals surface area contributed by atoms with E-state index in [1.165, 1.54) is 22.3 Å². The summed E-state index contributed by atoms with van der Waals surface area (Å²) in [5, 5.41) is 3.38. The monoisotopic (exact) mass is 263 g/mol. The van der Waals surface area contributed by atoms with Gasteiger partial charge in [0, 0.05) is 13.0 Å². The minimum atomic E-state index is -0.105. The summed E-state index contributed by atoms with van der Waals surface area (Å²) in [6.45, 7) is 10.4. The predicted molar refractivity (Wildman–Crippen MR) is 78.2 cm³/mol. The highest BCUT2D eigenvalue weighted by atomic mass is 16.5. The van der Waals surface area contributed by atoms with Crippen LogP contribution in [-0.4, -0.2) is 19.1 Å². The van der Waals surface area contributed by atoms with Crippen molar-refractivity contribution in [1.29, 1.82) is 0 Å². The molecule has 3 heteroatoms. The standard InChI is InChI=1S/C16H25NO2/c1-5-19-16(18)7-6-8-17-11-15-10-13(3)12(2)9-14(15)4/h9-10,17H,5-8,11H2,1-4H3. The Balaban J connectivity index is 2.30. The average Bonchev–Trinajstić information content (AvgIpc) is 2.35. The van der Waals surface area contributed by atoms with Crippen LogP contribution in [0, 0.1) is 20.8 Å². The highest BCUT2D eigenvalue weighted by Crippen LogP contribution is 2.15. The maximum atomic E-state index is 11.2. The third-order valence-corrected chi connectivity index (χ3v) is 3.31. The molecule has 0 unspecified atom stereocenters. The first-order valence-electron chi connectivity index (χ1n) is 6.97. The molecule has 0 spiro atoms. The normalized spacial score (nSPS) is 10.5. The fourth-order valence-corrected chi connectivity index (χ4v) is 2.02. The van der Waals surface area contributed by atoms with E-state index in [1.807, 2.05) is 6.92 Å². The summed E-state index contributed by atoms with van der Waals surface area (Å²) in [5.41, 5.74) is 5.32. The first-order valence-corrected chi connectivity index (χ1v) is 6.97. The van der Waals surface area contributed by atoms with E-state index in [1.54, 1.807) is 0 Å². The van der Waals surface area contributed by atoms with E-state index in [4.69, 9.17) is 4.74 Å². The van der Waals surface area contributed by atoms with Gasteiger partial charge in [0.15, 0.2) is 0 Å². The van der Waals surface area contributed by atoms with Crippen molar-refractivity contribution in [2.45, 2.75) is 47.1 Å². The van der Waals surface area contributed by atoms with Crippen molar-refractivity contribution in [1.82, 2.24) is 5.32 Å². The lowest BCUT2D eigenvalue weighted by molar-refractivity contribution is -0.143. The van der Waals surface area contributed by atoms with Gasteiger partial charge in [-0.05, 0) is 62.9 Å². The molecule has 106 valence electrons. The number of hydrogen-bond acceptors (Lipinski definition) is 3. The molecule has 0 amide bonds. The summed E-state index contributed by atoms with van der Waals surface area (Å²) in [6, 6.07) is 4.47. The van der Waals surface area contributed by atoms with Crippen molar-refractivity contribution < 1.29 is 9.53 Å². The molecule has 0 aliphatic heterocycles. The molecule has 19 heavy (non-hydrogen) atoms. The van der Waals surface area contributed by atoms with E-state index in [9.17, 15) is 4.79 Å². The zero-order valence-electron chi connectivity index (χ0n) is 12.5. The van der Waals surface area contributed by atoms with Gasteiger partial charge < -0.3 is 10.1 Å². The van der Waals surface area contributed by atoms with Gasteiger partial charge in [-0.2, -0.15) is 0 Å². The maximum Gasteiger partial charge on any atom is 0.305 e. The number of aryl methyl sites for hydroxylation is 3. The lowest BCUT2D eigenvalue weighted by Crippen LogP contribution is -2.17. The predicted octanol–water partition coefficient (Wildman–Crippen LogP) is 3.04. The van der Waals surface area contributed by atoms with Crippen LogP contribution < -0.4 is 5.32 Å². The van der Waals surface area contributed by atoms with Crippen molar-refractivity contribution in [2.75, 3.05) is 13.2 Å². The van der Waals surface area contributed by atoms with Gasteiger partial charge in [0.25, 0.3) is 0 Å². The van der Waals surface area contributed by atoms with E-state index in [0.717, 1.165) is 19.5 Å². The van der Waals surface area contributed by atoms with Crippen LogP contribution in [0.15, 0.2) is 12.1 Å². The Kier molecular flexibility index (Phi) is 6.57. The zero-order chi connectivity index (χ0) is 14.3. The van der Waals surface area contributed by atoms with Crippen molar-refractivity contribution >= 4 is 5.97 Å². The Morgan fingerprint density at radius 3 is 2.53 bits per heavy atom. The molecule has 1 N–H and O–H groups in total. The third kappa shape index (κ3) is 5.43. The lowest BCUT2D eigenvalue weighted by Gasteiger charge is -2.11. The SMILES string of the molecule is CCOC(=O)CCCNCc1cc(C)c(C)cc1C. The van der Waals surface area contributed by atoms with Crippen LogP contribution in [0.4, 0.5) is 0 Å². The molecule has 0 radical (unpaired) electrons. The van der Waals surface area contributed by atoms with E-state index in [-0.39, 0.29) is 5.97 Å². The van der Waals surface area contributed by atoms with Crippen molar-refractivity contribution in [3.05, 3.63) is 34.4 Å². The summed E-state index contributed by atoms with van der Waals surface area (Å²) in [6.07, 6.45) is 1.31. The Morgan fingerprint density at radius 2 is 1.84 bits per heavy atom. The first-order chi connectivity index (χ1) is 9.04. The number of ether oxygens (including phenoxy) is 1. The summed E-state index contributed by atoms with van der Waals surface area (Å²) in [7, 11) is 0. The summed E-state index contributed by atoms with van der Waals surface area (Å²) >= 11 is 0. The molecule has 0 aliphatic carbocycles. The summed E-state index contributed by atoms with van der Waals surface area (Å²) in [4.78, 5) is 11.2. The van der Waals surface area contributed by atoms with Crippen LogP contribution in [-0.2, 0) is 16.1 Å². The van der Waals surface area contributed by atoms with Crippen molar-refractivity contribution in [3.8, 4) is 0 Å². The van der Waals surface area contributed by atoms with Gasteiger partial charge in [-0.3, -0.25) is 4.79 Å². The molecular formula is C16H25NO2. The second-order valence-corrected chi connectivity index (χ2v) is 4.95. The van der Waals surface area contributed by atoms with E-state index in [2.05, 4.69) is 38.2 Å². The summed E-state index contributed by atoms with van der Waals surface area (Å²) in [5.74, 6) is -0.105. The highest BCUT2D eigenvalue weighted by Gasteiger charge is 2.03. The lowest BCUT2D eigenvalue weighted by atomic mass is 10.0. The first kappa shape index (κ1) is 15.7. The van der Waals surface area contributed by atoms with Crippen LogP contribution in [0.25, 0.3) is 0 Å². The van der Waals surface area contributed by atoms with Crippen LogP contribution >= 0.6 is 0 Å². The van der Waals surface area contributed by atoms with E-state index in [0.29, 0.717) is 13.0 Å². The molecule has 1 rings (SSSR count). The molecule has 0 atom stereocenters. The number of carbonyl (C=O) groups is 1. The van der Waals surface area contributed by atoms with E-state index >= 15 is 0 Å². The maximum absolute atomic E-state index is 11.2. The molecule has 0 bridgehead atoms. The minimum absolute atomic E-state index is 0.105. The number of hydrogen-bond donors (Lipinski definition) is 1. The van der Waals surface area contributed by atoms with Gasteiger partial charge >= 0.3 is 5.97 Å². The van der Waals surface area contributed by atoms with Crippen LogP contribution in [0.3, 0.4) is 0 Å². The molecule has 1 aromatic carbocycles. The minimum Gasteiger partial charge on any atom is -0.466 e. The second-order valence-electron chi connectivity index (χ2n) is 4.95. The number of benzene rings is 1. The van der Waals surface area contributed by atoms with Gasteiger partial charge in [0.05, 0.1) is 6.61 Å². The van der Waals surface area contributed by atoms with Gasteiger partial charge in [-0.15, -0.1) is 0 Å². The zero-order valence-corrected chi connectivity index (χ0v) is 12.5. The van der Waals surface area contributed by atoms with Gasteiger partial charge in [-0.1, -0.05) is 12.1 Å². The molecular weight excluding hydrogens is 238 g/mol. The molecule has 0 saturated carbocycles. The molecule has 0 aromatic heterocycles. The topological polar surface area (TPSA) is 38.3 Å². The Morgan fingerprint density at radius 1 is 1.16 bits per heavy atom. The quantitative estimate of drug-likeness (QED) is 0.607. The van der Waals surface area contributed by atoms with E-state index < -0.39 is 0 Å². The Labute approximate surface area is 116 Å². The van der Waals surface area contributed by atoms with Crippen molar-refractivity contribution in [2.24, 2.45) is 0 Å². The smallest absolute Gasteiger partial charge is 0.305 e. The number of nitrogens with one attached hydrogen (secondary N) is 1. The highest BCUT2D eigenvalue weighted by molar-refractivity contribution is 5.69. The Bertz CT molecular complexity index is 427. The van der Waals surface area contributed by atoms with Crippen LogP contribution in [0.1, 0.15) is 42.0 Å². The average molecular weight is 263 g/mol. The third-order valence-electron chi connectivity index (χ3n) is 3.31. The van der Waals surface area contributed by atoms with Gasteiger partial charge in [0.2, 0.25) is 0 Å². The largest absolute Gasteiger partial charge is 0.466 e. The van der Waals surface area contributed by atoms with Crippen LogP contribution in [0.2, 0.25) is 0 Å². The fraction of sp³-hybridized carbons (Fsp3) is 0.562. The van der Waals surface area contributed by atoms with Gasteiger partial charge in [-0.25, -0.2) is 0 Å². The molecule has 0 fully saturated rings. The Hall–Kier alpha value is -1.35. The summed E-state index contributed by atoms with van der Waals surface area (Å²) < 4.78 is 4.89. The fourth-order valence-electron chi connectivity index (χ4n) is 2.02. The number of esters is 1. The molecule has 0 saturated heterocycles. The second kappa shape index (κ2) is 7.95. The molecule has 3 nitrogen and oxygen atoms in total. The number of rotatable bonds is 7. The molecule has 1 aromatic rings. The van der Waals surface area contributed by atoms with Crippen molar-refractivity contribution in [3.63, 3.8) is 0 Å². The number of carbonyl (C=O) groups excluding carboxylic acids is 1. The molecule has 0 heterocycles. The molecule has 0 aliphatic rings. The van der Waals surface area contributed by atoms with Crippen LogP contribution in [0.5, 0.6) is 0 Å². The van der Waals surface area contributed by atoms with Gasteiger partial charge in [0.1, 0.15) is 0 Å².